The van der Waals surface area contributed by atoms with Crippen LogP contribution < -0.4 is 10.3 Å². The van der Waals surface area contributed by atoms with Gasteiger partial charge in [0.1, 0.15) is 18.2 Å². The normalized spacial score (nSPS) is 11.2. The highest BCUT2D eigenvalue weighted by Crippen LogP contribution is 2.15. The fraction of sp³-hybridized carbons (Fsp3) is 0.263. The molecule has 0 radical (unpaired) electrons. The summed E-state index contributed by atoms with van der Waals surface area (Å²) in [7, 11) is 1.96. The van der Waals surface area contributed by atoms with Crippen molar-refractivity contribution in [2.24, 2.45) is 0 Å². The van der Waals surface area contributed by atoms with Crippen molar-refractivity contribution in [3.05, 3.63) is 69.2 Å². The molecule has 0 aliphatic carbocycles. The van der Waals surface area contributed by atoms with Gasteiger partial charge >= 0.3 is 0 Å². The van der Waals surface area contributed by atoms with Crippen LogP contribution in [0.2, 0.25) is 5.02 Å². The molecule has 0 aliphatic rings. The molecule has 0 spiro atoms. The number of hydrogen-bond acceptors (Lipinski definition) is 4. The summed E-state index contributed by atoms with van der Waals surface area (Å²) in [6.45, 7) is 3.83. The Hall–Kier alpha value is -2.37. The maximum atomic E-state index is 12.1. The highest BCUT2D eigenvalue weighted by Gasteiger charge is 2.07. The number of nitrogens with zero attached hydrogens (tertiary/aromatic N) is 2. The van der Waals surface area contributed by atoms with Gasteiger partial charge < -0.3 is 9.72 Å². The van der Waals surface area contributed by atoms with Gasteiger partial charge in [-0.05, 0) is 49.9 Å². The van der Waals surface area contributed by atoms with E-state index in [0.29, 0.717) is 41.4 Å². The predicted octanol–water partition coefficient (Wildman–Crippen LogP) is 3.40. The fourth-order valence-electron chi connectivity index (χ4n) is 2.60. The van der Waals surface area contributed by atoms with E-state index in [-0.39, 0.29) is 5.56 Å². The SMILES string of the molecule is Cc1cccc(OCCN(C)Cc2nc3cc(Cl)ccc3c(=O)[nH]2)c1. The van der Waals surface area contributed by atoms with E-state index in [9.17, 15) is 4.79 Å². The van der Waals surface area contributed by atoms with Crippen LogP contribution in [0.5, 0.6) is 5.75 Å². The maximum Gasteiger partial charge on any atom is 0.258 e. The van der Waals surface area contributed by atoms with Gasteiger partial charge in [0.25, 0.3) is 5.56 Å². The highest BCUT2D eigenvalue weighted by atomic mass is 35.5. The number of aryl methyl sites for hydroxylation is 1. The van der Waals surface area contributed by atoms with Crippen LogP contribution >= 0.6 is 11.6 Å². The van der Waals surface area contributed by atoms with Gasteiger partial charge in [-0.3, -0.25) is 9.69 Å². The zero-order chi connectivity index (χ0) is 17.8. The first kappa shape index (κ1) is 17.5. The molecule has 0 unspecified atom stereocenters. The lowest BCUT2D eigenvalue weighted by molar-refractivity contribution is 0.229. The summed E-state index contributed by atoms with van der Waals surface area (Å²) in [6, 6.07) is 13.0. The lowest BCUT2D eigenvalue weighted by Crippen LogP contribution is -2.26. The third kappa shape index (κ3) is 4.59. The molecule has 25 heavy (non-hydrogen) atoms. The zero-order valence-corrected chi connectivity index (χ0v) is 15.0. The van der Waals surface area contributed by atoms with Crippen LogP contribution in [-0.4, -0.2) is 35.1 Å². The summed E-state index contributed by atoms with van der Waals surface area (Å²) in [5, 5.41) is 1.11. The quantitative estimate of drug-likeness (QED) is 0.734. The molecular formula is C19H20ClN3O2. The van der Waals surface area contributed by atoms with Crippen LogP contribution in [-0.2, 0) is 6.54 Å². The van der Waals surface area contributed by atoms with Gasteiger partial charge in [0.2, 0.25) is 0 Å². The number of aromatic nitrogens is 2. The molecule has 2 aromatic carbocycles. The predicted molar refractivity (Wildman–Crippen MR) is 100 cm³/mol. The number of likely N-dealkylation sites (N-methyl/N-ethyl adjacent to an activating group) is 1. The molecule has 3 aromatic rings. The molecule has 0 saturated heterocycles. The average Bonchev–Trinajstić information content (AvgIpc) is 2.54. The molecule has 3 rings (SSSR count). The van der Waals surface area contributed by atoms with Crippen molar-refractivity contribution in [3.8, 4) is 5.75 Å². The number of aromatic amines is 1. The Morgan fingerprint density at radius 3 is 2.88 bits per heavy atom. The lowest BCUT2D eigenvalue weighted by atomic mass is 10.2. The van der Waals surface area contributed by atoms with Gasteiger partial charge in [0.05, 0.1) is 17.4 Å². The Morgan fingerprint density at radius 2 is 2.08 bits per heavy atom. The number of nitrogens with one attached hydrogen (secondary N) is 1. The van der Waals surface area contributed by atoms with Crippen LogP contribution in [0.15, 0.2) is 47.3 Å². The summed E-state index contributed by atoms with van der Waals surface area (Å²) < 4.78 is 5.75. The molecule has 0 aliphatic heterocycles. The van der Waals surface area contributed by atoms with E-state index in [2.05, 4.69) is 9.97 Å². The van der Waals surface area contributed by atoms with Crippen molar-refractivity contribution >= 4 is 22.5 Å². The van der Waals surface area contributed by atoms with Crippen LogP contribution in [0.3, 0.4) is 0 Å². The third-order valence-electron chi connectivity index (χ3n) is 3.87. The number of hydrogen-bond donors (Lipinski definition) is 1. The molecule has 0 bridgehead atoms. The largest absolute Gasteiger partial charge is 0.492 e. The number of ether oxygens (including phenoxy) is 1. The van der Waals surface area contributed by atoms with Crippen LogP contribution in [0.1, 0.15) is 11.4 Å². The van der Waals surface area contributed by atoms with E-state index in [4.69, 9.17) is 16.3 Å². The maximum absolute atomic E-state index is 12.1. The summed E-state index contributed by atoms with van der Waals surface area (Å²) in [6.07, 6.45) is 0. The molecular weight excluding hydrogens is 338 g/mol. The molecule has 1 heterocycles. The van der Waals surface area contributed by atoms with E-state index in [1.807, 2.05) is 43.1 Å². The lowest BCUT2D eigenvalue weighted by Gasteiger charge is -2.16. The first-order chi connectivity index (χ1) is 12.0. The van der Waals surface area contributed by atoms with E-state index in [1.54, 1.807) is 18.2 Å². The molecule has 0 saturated carbocycles. The monoisotopic (exact) mass is 357 g/mol. The van der Waals surface area contributed by atoms with Crippen molar-refractivity contribution in [3.63, 3.8) is 0 Å². The third-order valence-corrected chi connectivity index (χ3v) is 4.10. The minimum atomic E-state index is -0.152. The van der Waals surface area contributed by atoms with E-state index in [1.165, 1.54) is 5.56 Å². The molecule has 1 aromatic heterocycles. The average molecular weight is 358 g/mol. The Kier molecular flexibility index (Phi) is 5.36. The Bertz CT molecular complexity index is 939. The van der Waals surface area contributed by atoms with Crippen molar-refractivity contribution in [1.29, 1.82) is 0 Å². The van der Waals surface area contributed by atoms with E-state index >= 15 is 0 Å². The second kappa shape index (κ2) is 7.68. The van der Waals surface area contributed by atoms with Crippen molar-refractivity contribution in [2.45, 2.75) is 13.5 Å². The van der Waals surface area contributed by atoms with Gasteiger partial charge in [-0.2, -0.15) is 0 Å². The minimum Gasteiger partial charge on any atom is -0.492 e. The zero-order valence-electron chi connectivity index (χ0n) is 14.3. The molecule has 0 fully saturated rings. The number of H-pyrrole nitrogens is 1. The Balaban J connectivity index is 1.61. The molecule has 6 heteroatoms. The van der Waals surface area contributed by atoms with Gasteiger partial charge in [0.15, 0.2) is 0 Å². The summed E-state index contributed by atoms with van der Waals surface area (Å²) in [5.41, 5.74) is 1.62. The van der Waals surface area contributed by atoms with Gasteiger partial charge in [-0.1, -0.05) is 23.7 Å². The minimum absolute atomic E-state index is 0.152. The molecule has 130 valence electrons. The van der Waals surface area contributed by atoms with Crippen LogP contribution in [0.4, 0.5) is 0 Å². The second-order valence-corrected chi connectivity index (χ2v) is 6.51. The van der Waals surface area contributed by atoms with E-state index in [0.717, 1.165) is 5.75 Å². The Labute approximate surface area is 151 Å². The number of benzene rings is 2. The fourth-order valence-corrected chi connectivity index (χ4v) is 2.76. The molecule has 1 N–H and O–H groups in total. The molecule has 0 amide bonds. The van der Waals surface area contributed by atoms with Gasteiger partial charge in [-0.15, -0.1) is 0 Å². The van der Waals surface area contributed by atoms with Gasteiger partial charge in [-0.25, -0.2) is 4.98 Å². The smallest absolute Gasteiger partial charge is 0.258 e. The van der Waals surface area contributed by atoms with Crippen molar-refractivity contribution in [1.82, 2.24) is 14.9 Å². The topological polar surface area (TPSA) is 58.2 Å². The van der Waals surface area contributed by atoms with Crippen LogP contribution in [0.25, 0.3) is 10.9 Å². The highest BCUT2D eigenvalue weighted by molar-refractivity contribution is 6.31. The molecule has 0 atom stereocenters. The number of fused-ring (bicyclic) bond motifs is 1. The summed E-state index contributed by atoms with van der Waals surface area (Å²) >= 11 is 5.99. The summed E-state index contributed by atoms with van der Waals surface area (Å²) in [4.78, 5) is 21.5. The molecule has 5 nitrogen and oxygen atoms in total. The number of rotatable bonds is 6. The Morgan fingerprint density at radius 1 is 1.24 bits per heavy atom. The number of halogens is 1. The van der Waals surface area contributed by atoms with Gasteiger partial charge in [0, 0.05) is 11.6 Å². The second-order valence-electron chi connectivity index (χ2n) is 6.08. The first-order valence-electron chi connectivity index (χ1n) is 8.08. The van der Waals surface area contributed by atoms with E-state index < -0.39 is 0 Å². The van der Waals surface area contributed by atoms with Crippen molar-refractivity contribution < 1.29 is 4.74 Å². The standard InChI is InChI=1S/C19H20ClN3O2/c1-13-4-3-5-15(10-13)25-9-8-23(2)12-18-21-17-11-14(20)6-7-16(17)19(24)22-18/h3-7,10-11H,8-9,12H2,1-2H3,(H,21,22,24). The van der Waals surface area contributed by atoms with Crippen molar-refractivity contribution in [2.75, 3.05) is 20.2 Å². The van der Waals surface area contributed by atoms with Crippen LogP contribution in [0, 0.1) is 6.92 Å². The first-order valence-corrected chi connectivity index (χ1v) is 8.45. The summed E-state index contributed by atoms with van der Waals surface area (Å²) in [5.74, 6) is 1.47.